The molecule has 116 valence electrons. The van der Waals surface area contributed by atoms with Crippen molar-refractivity contribution in [3.63, 3.8) is 0 Å². The molecule has 1 aliphatic rings. The van der Waals surface area contributed by atoms with E-state index in [-0.39, 0.29) is 17.2 Å². The van der Waals surface area contributed by atoms with Gasteiger partial charge in [0.1, 0.15) is 4.88 Å². The fraction of sp³-hybridized carbons (Fsp3) is 0.714. The highest BCUT2D eigenvalue weighted by Crippen LogP contribution is 2.20. The van der Waals surface area contributed by atoms with Gasteiger partial charge in [-0.05, 0) is 18.0 Å². The Bertz CT molecular complexity index is 527. The number of nitrogens with zero attached hydrogens (tertiary/aromatic N) is 4. The highest BCUT2D eigenvalue weighted by molar-refractivity contribution is 7.08. The molecule has 21 heavy (non-hydrogen) atoms. The highest BCUT2D eigenvalue weighted by Gasteiger charge is 2.31. The van der Waals surface area contributed by atoms with E-state index >= 15 is 0 Å². The number of piperazine rings is 1. The molecule has 1 aromatic rings. The average molecular weight is 310 g/mol. The molecule has 6 nitrogen and oxygen atoms in total. The molecule has 0 radical (unpaired) electrons. The lowest BCUT2D eigenvalue weighted by Gasteiger charge is -2.37. The molecule has 1 fully saturated rings. The van der Waals surface area contributed by atoms with Crippen LogP contribution < -0.4 is 0 Å². The van der Waals surface area contributed by atoms with Gasteiger partial charge in [0.15, 0.2) is 0 Å². The lowest BCUT2D eigenvalue weighted by molar-refractivity contribution is -0.140. The van der Waals surface area contributed by atoms with Gasteiger partial charge < -0.3 is 9.80 Å². The van der Waals surface area contributed by atoms with E-state index in [0.717, 1.165) is 17.2 Å². The summed E-state index contributed by atoms with van der Waals surface area (Å²) >= 11 is 1.15. The average Bonchev–Trinajstić information content (AvgIpc) is 2.93. The normalized spacial score (nSPS) is 16.2. The van der Waals surface area contributed by atoms with Gasteiger partial charge in [-0.15, -0.1) is 5.10 Å². The summed E-state index contributed by atoms with van der Waals surface area (Å²) < 4.78 is 3.86. The predicted octanol–water partition coefficient (Wildman–Crippen LogP) is 1.43. The van der Waals surface area contributed by atoms with Gasteiger partial charge in [0.25, 0.3) is 5.91 Å². The van der Waals surface area contributed by atoms with Crippen molar-refractivity contribution in [3.05, 3.63) is 10.6 Å². The largest absolute Gasteiger partial charge is 0.339 e. The van der Waals surface area contributed by atoms with Crippen LogP contribution in [0, 0.1) is 5.41 Å². The Kier molecular flexibility index (Phi) is 4.61. The van der Waals surface area contributed by atoms with Gasteiger partial charge in [-0.1, -0.05) is 32.2 Å². The van der Waals surface area contributed by atoms with Crippen LogP contribution in [-0.2, 0) is 11.2 Å². The van der Waals surface area contributed by atoms with Crippen molar-refractivity contribution in [1.29, 1.82) is 0 Å². The number of aromatic nitrogens is 2. The summed E-state index contributed by atoms with van der Waals surface area (Å²) in [6.07, 6.45) is 0.708. The number of carbonyl (C=O) groups excluding carboxylic acids is 2. The fourth-order valence-corrected chi connectivity index (χ4v) is 3.05. The first-order chi connectivity index (χ1) is 9.84. The van der Waals surface area contributed by atoms with Crippen molar-refractivity contribution in [3.8, 4) is 0 Å². The number of amides is 2. The van der Waals surface area contributed by atoms with Crippen LogP contribution in [0.3, 0.4) is 0 Å². The summed E-state index contributed by atoms with van der Waals surface area (Å²) in [6.45, 7) is 10.1. The van der Waals surface area contributed by atoms with Crippen LogP contribution in [0.1, 0.15) is 43.1 Å². The Morgan fingerprint density at radius 3 is 2.24 bits per heavy atom. The zero-order valence-corrected chi connectivity index (χ0v) is 13.9. The molecular formula is C14H22N4O2S. The predicted molar refractivity (Wildman–Crippen MR) is 81.2 cm³/mol. The van der Waals surface area contributed by atoms with E-state index in [0.29, 0.717) is 37.5 Å². The summed E-state index contributed by atoms with van der Waals surface area (Å²) in [4.78, 5) is 29.0. The van der Waals surface area contributed by atoms with Crippen LogP contribution in [0.15, 0.2) is 0 Å². The Balaban J connectivity index is 1.98. The molecule has 0 atom stereocenters. The third kappa shape index (κ3) is 3.40. The summed E-state index contributed by atoms with van der Waals surface area (Å²) in [7, 11) is 0. The molecule has 7 heteroatoms. The van der Waals surface area contributed by atoms with E-state index in [9.17, 15) is 9.59 Å². The molecule has 2 amide bonds. The minimum Gasteiger partial charge on any atom is -0.339 e. The van der Waals surface area contributed by atoms with Gasteiger partial charge in [-0.3, -0.25) is 9.59 Å². The lowest BCUT2D eigenvalue weighted by atomic mass is 9.94. The topological polar surface area (TPSA) is 66.4 Å². The van der Waals surface area contributed by atoms with Crippen LogP contribution in [0.25, 0.3) is 0 Å². The number of carbonyl (C=O) groups is 2. The summed E-state index contributed by atoms with van der Waals surface area (Å²) in [5.74, 6) is 0.132. The summed E-state index contributed by atoms with van der Waals surface area (Å²) in [5.41, 5.74) is 0.390. The maximum Gasteiger partial charge on any atom is 0.267 e. The first kappa shape index (κ1) is 15.9. The molecule has 0 N–H and O–H groups in total. The van der Waals surface area contributed by atoms with Crippen molar-refractivity contribution < 1.29 is 9.59 Å². The molecule has 2 rings (SSSR count). The standard InChI is InChI=1S/C14H22N4O2S/c1-5-10-11(21-16-15-10)12(19)17-6-8-18(9-7-17)13(20)14(2,3)4/h5-9H2,1-4H3. The van der Waals surface area contributed by atoms with Crippen molar-refractivity contribution in [2.75, 3.05) is 26.2 Å². The smallest absolute Gasteiger partial charge is 0.267 e. The molecular weight excluding hydrogens is 288 g/mol. The third-order valence-electron chi connectivity index (χ3n) is 3.58. The Morgan fingerprint density at radius 1 is 1.14 bits per heavy atom. The number of hydrogen-bond acceptors (Lipinski definition) is 5. The van der Waals surface area contributed by atoms with E-state index in [1.165, 1.54) is 0 Å². The molecule has 0 aromatic carbocycles. The first-order valence-corrected chi connectivity index (χ1v) is 8.01. The number of hydrogen-bond donors (Lipinski definition) is 0. The minimum absolute atomic E-state index is 0.00953. The lowest BCUT2D eigenvalue weighted by Crippen LogP contribution is -2.53. The van der Waals surface area contributed by atoms with Gasteiger partial charge in [-0.2, -0.15) is 0 Å². The van der Waals surface area contributed by atoms with Crippen LogP contribution in [0.5, 0.6) is 0 Å². The minimum atomic E-state index is -0.372. The SMILES string of the molecule is CCc1nnsc1C(=O)N1CCN(C(=O)C(C)(C)C)CC1. The molecule has 0 bridgehead atoms. The Morgan fingerprint density at radius 2 is 1.71 bits per heavy atom. The maximum atomic E-state index is 12.5. The monoisotopic (exact) mass is 310 g/mol. The van der Waals surface area contributed by atoms with Crippen LogP contribution >= 0.6 is 11.5 Å². The molecule has 1 saturated heterocycles. The molecule has 1 aromatic heterocycles. The van der Waals surface area contributed by atoms with E-state index in [1.807, 2.05) is 32.6 Å². The molecule has 0 aliphatic carbocycles. The van der Waals surface area contributed by atoms with E-state index < -0.39 is 0 Å². The fourth-order valence-electron chi connectivity index (χ4n) is 2.33. The van der Waals surface area contributed by atoms with E-state index in [1.54, 1.807) is 4.90 Å². The molecule has 2 heterocycles. The van der Waals surface area contributed by atoms with Crippen molar-refractivity contribution >= 4 is 23.3 Å². The van der Waals surface area contributed by atoms with Crippen molar-refractivity contribution in [1.82, 2.24) is 19.4 Å². The second kappa shape index (κ2) is 6.09. The van der Waals surface area contributed by atoms with E-state index in [2.05, 4.69) is 9.59 Å². The van der Waals surface area contributed by atoms with E-state index in [4.69, 9.17) is 0 Å². The van der Waals surface area contributed by atoms with Crippen LogP contribution in [0.4, 0.5) is 0 Å². The molecule has 0 unspecified atom stereocenters. The van der Waals surface area contributed by atoms with Gasteiger partial charge in [0.05, 0.1) is 5.69 Å². The highest BCUT2D eigenvalue weighted by atomic mass is 32.1. The van der Waals surface area contributed by atoms with Gasteiger partial charge >= 0.3 is 0 Å². The van der Waals surface area contributed by atoms with Crippen molar-refractivity contribution in [2.45, 2.75) is 34.1 Å². The first-order valence-electron chi connectivity index (χ1n) is 7.24. The molecule has 0 spiro atoms. The quantitative estimate of drug-likeness (QED) is 0.829. The van der Waals surface area contributed by atoms with Gasteiger partial charge in [0, 0.05) is 31.6 Å². The zero-order valence-electron chi connectivity index (χ0n) is 13.0. The van der Waals surface area contributed by atoms with Gasteiger partial charge in [-0.25, -0.2) is 0 Å². The molecule has 1 aliphatic heterocycles. The second-order valence-electron chi connectivity index (χ2n) is 6.24. The van der Waals surface area contributed by atoms with Crippen molar-refractivity contribution in [2.24, 2.45) is 5.41 Å². The maximum absolute atomic E-state index is 12.5. The molecule has 0 saturated carbocycles. The van der Waals surface area contributed by atoms with Gasteiger partial charge in [0.2, 0.25) is 5.91 Å². The number of rotatable bonds is 2. The number of aryl methyl sites for hydroxylation is 1. The summed E-state index contributed by atoms with van der Waals surface area (Å²) in [5, 5.41) is 3.98. The van der Waals surface area contributed by atoms with Crippen LogP contribution in [0.2, 0.25) is 0 Å². The summed E-state index contributed by atoms with van der Waals surface area (Å²) in [6, 6.07) is 0. The van der Waals surface area contributed by atoms with Crippen LogP contribution in [-0.4, -0.2) is 57.4 Å². The second-order valence-corrected chi connectivity index (χ2v) is 6.99. The zero-order chi connectivity index (χ0) is 15.6. The Hall–Kier alpha value is -1.50. The Labute approximate surface area is 129 Å². The third-order valence-corrected chi connectivity index (χ3v) is 4.34.